The molecule has 0 aliphatic heterocycles. The first kappa shape index (κ1) is 9.39. The molecule has 0 N–H and O–H groups in total. The second-order valence-electron chi connectivity index (χ2n) is 3.06. The zero-order chi connectivity index (χ0) is 10.8. The summed E-state index contributed by atoms with van der Waals surface area (Å²) < 4.78 is 4.33. The number of hydrogen-bond donors (Lipinski definition) is 0. The van der Waals surface area contributed by atoms with Crippen molar-refractivity contribution >= 4 is 5.78 Å². The fraction of sp³-hybridized carbons (Fsp3) is 0.100. The molecule has 0 saturated carbocycles. The van der Waals surface area contributed by atoms with Crippen molar-refractivity contribution in [2.75, 3.05) is 0 Å². The van der Waals surface area contributed by atoms with Crippen LogP contribution in [0.25, 0.3) is 0 Å². The lowest BCUT2D eigenvalue weighted by molar-refractivity contribution is -0.803. The van der Waals surface area contributed by atoms with E-state index in [-0.39, 0.29) is 16.4 Å². The molecule has 15 heavy (non-hydrogen) atoms. The monoisotopic (exact) mass is 204 g/mol. The van der Waals surface area contributed by atoms with Gasteiger partial charge in [0, 0.05) is 17.6 Å². The Morgan fingerprint density at radius 2 is 2.07 bits per heavy atom. The molecule has 0 fully saturated rings. The summed E-state index contributed by atoms with van der Waals surface area (Å²) in [5.74, 6) is -0.385. The Labute approximate surface area is 85.5 Å². The number of aryl methyl sites for hydroxylation is 1. The topological polar surface area (TPSA) is 70.0 Å². The molecule has 0 aliphatic rings. The molecule has 1 aromatic carbocycles. The predicted octanol–water partition coefficient (Wildman–Crippen LogP) is 0.847. The van der Waals surface area contributed by atoms with Crippen LogP contribution in [0.1, 0.15) is 21.7 Å². The van der Waals surface area contributed by atoms with Gasteiger partial charge in [0.2, 0.25) is 11.5 Å². The van der Waals surface area contributed by atoms with Crippen LogP contribution in [0.4, 0.5) is 0 Å². The number of carbonyl (C=O) groups is 1. The number of benzene rings is 1. The molecule has 1 aromatic heterocycles. The van der Waals surface area contributed by atoms with Crippen molar-refractivity contribution in [1.29, 1.82) is 0 Å². The first-order valence-electron chi connectivity index (χ1n) is 4.36. The molecule has 2 aromatic rings. The van der Waals surface area contributed by atoms with Crippen molar-refractivity contribution in [3.8, 4) is 0 Å². The molecule has 0 bridgehead atoms. The average molecular weight is 204 g/mol. The zero-order valence-corrected chi connectivity index (χ0v) is 8.01. The summed E-state index contributed by atoms with van der Waals surface area (Å²) in [6.45, 7) is 1.55. The van der Waals surface area contributed by atoms with Gasteiger partial charge in [-0.1, -0.05) is 30.3 Å². The van der Waals surface area contributed by atoms with Crippen LogP contribution in [0.5, 0.6) is 0 Å². The molecule has 0 saturated heterocycles. The summed E-state index contributed by atoms with van der Waals surface area (Å²) in [5, 5.41) is 14.5. The van der Waals surface area contributed by atoms with Gasteiger partial charge in [-0.15, -0.1) is 0 Å². The van der Waals surface area contributed by atoms with Crippen LogP contribution < -0.4 is 4.90 Å². The minimum absolute atomic E-state index is 0.0683. The van der Waals surface area contributed by atoms with E-state index >= 15 is 0 Å². The molecule has 0 aliphatic carbocycles. The molecular formula is C10H8N2O3. The van der Waals surface area contributed by atoms with Crippen LogP contribution in [0.3, 0.4) is 0 Å². The van der Waals surface area contributed by atoms with Crippen molar-refractivity contribution in [3.05, 3.63) is 52.5 Å². The summed E-state index contributed by atoms with van der Waals surface area (Å²) in [6.07, 6.45) is 0. The van der Waals surface area contributed by atoms with Crippen LogP contribution in [-0.4, -0.2) is 10.9 Å². The van der Waals surface area contributed by atoms with Gasteiger partial charge >= 0.3 is 0 Å². The number of hydrogen-bond acceptors (Lipinski definition) is 4. The Balaban J connectivity index is 2.46. The molecule has 0 spiro atoms. The van der Waals surface area contributed by atoms with E-state index in [1.54, 1.807) is 37.3 Å². The fourth-order valence-electron chi connectivity index (χ4n) is 1.29. The van der Waals surface area contributed by atoms with Crippen LogP contribution in [-0.2, 0) is 0 Å². The molecule has 0 radical (unpaired) electrons. The molecular weight excluding hydrogens is 196 g/mol. The standard InChI is InChI=1S/C10H8N2O3/c1-7-9(12(14)15-11-7)10(13)8-5-3-2-4-6-8/h2-6H,1H3. The van der Waals surface area contributed by atoms with Crippen LogP contribution >= 0.6 is 0 Å². The highest BCUT2D eigenvalue weighted by atomic mass is 16.8. The molecule has 1 heterocycles. The maximum Gasteiger partial charge on any atom is 0.268 e. The summed E-state index contributed by atoms with van der Waals surface area (Å²) in [6, 6.07) is 8.52. The second-order valence-corrected chi connectivity index (χ2v) is 3.06. The summed E-state index contributed by atoms with van der Waals surface area (Å²) >= 11 is 0. The molecule has 0 unspecified atom stereocenters. The van der Waals surface area contributed by atoms with Gasteiger partial charge in [0.1, 0.15) is 0 Å². The highest BCUT2D eigenvalue weighted by Gasteiger charge is 2.23. The minimum atomic E-state index is -0.385. The van der Waals surface area contributed by atoms with Gasteiger partial charge in [0.15, 0.2) is 0 Å². The smallest absolute Gasteiger partial charge is 0.268 e. The Morgan fingerprint density at radius 1 is 1.40 bits per heavy atom. The predicted molar refractivity (Wildman–Crippen MR) is 50.1 cm³/mol. The molecule has 0 amide bonds. The average Bonchev–Trinajstić information content (AvgIpc) is 2.59. The lowest BCUT2D eigenvalue weighted by Gasteiger charge is -1.96. The van der Waals surface area contributed by atoms with Crippen molar-refractivity contribution in [2.24, 2.45) is 0 Å². The lowest BCUT2D eigenvalue weighted by atomic mass is 10.1. The summed E-state index contributed by atoms with van der Waals surface area (Å²) in [5.41, 5.74) is 0.661. The number of aromatic nitrogens is 2. The van der Waals surface area contributed by atoms with Crippen LogP contribution in [0.2, 0.25) is 0 Å². The summed E-state index contributed by atoms with van der Waals surface area (Å²) in [7, 11) is 0. The van der Waals surface area contributed by atoms with Crippen molar-refractivity contribution in [2.45, 2.75) is 6.92 Å². The number of ketones is 1. The van der Waals surface area contributed by atoms with Crippen molar-refractivity contribution in [3.63, 3.8) is 0 Å². The van der Waals surface area contributed by atoms with Gasteiger partial charge in [-0.2, -0.15) is 0 Å². The van der Waals surface area contributed by atoms with Gasteiger partial charge in [-0.3, -0.25) is 9.42 Å². The minimum Gasteiger partial charge on any atom is -0.359 e. The zero-order valence-electron chi connectivity index (χ0n) is 8.01. The third kappa shape index (κ3) is 1.59. The van der Waals surface area contributed by atoms with E-state index in [1.807, 2.05) is 0 Å². The van der Waals surface area contributed by atoms with Crippen LogP contribution in [0, 0.1) is 12.1 Å². The Morgan fingerprint density at radius 3 is 2.60 bits per heavy atom. The number of carbonyl (C=O) groups excluding carboxylic acids is 1. The fourth-order valence-corrected chi connectivity index (χ4v) is 1.29. The Bertz CT molecular complexity index is 471. The summed E-state index contributed by atoms with van der Waals surface area (Å²) in [4.78, 5) is 12.0. The second kappa shape index (κ2) is 3.53. The lowest BCUT2D eigenvalue weighted by Crippen LogP contribution is -2.31. The SMILES string of the molecule is Cc1no[n+]([O-])c1C(=O)c1ccccc1. The largest absolute Gasteiger partial charge is 0.359 e. The molecule has 2 rings (SSSR count). The normalized spacial score (nSPS) is 10.2. The molecule has 5 heteroatoms. The highest BCUT2D eigenvalue weighted by Crippen LogP contribution is 2.08. The van der Waals surface area contributed by atoms with Crippen LogP contribution in [0.15, 0.2) is 35.0 Å². The van der Waals surface area contributed by atoms with Crippen molar-refractivity contribution in [1.82, 2.24) is 5.16 Å². The van der Waals surface area contributed by atoms with E-state index in [1.165, 1.54) is 0 Å². The molecule has 5 nitrogen and oxygen atoms in total. The number of nitrogens with zero attached hydrogens (tertiary/aromatic N) is 2. The van der Waals surface area contributed by atoms with Gasteiger partial charge in [0.25, 0.3) is 5.69 Å². The Kier molecular flexibility index (Phi) is 2.21. The third-order valence-corrected chi connectivity index (χ3v) is 2.03. The first-order valence-corrected chi connectivity index (χ1v) is 4.36. The maximum atomic E-state index is 11.8. The van der Waals surface area contributed by atoms with E-state index in [9.17, 15) is 10.0 Å². The maximum absolute atomic E-state index is 11.8. The Hall–Kier alpha value is -2.17. The molecule has 76 valence electrons. The molecule has 0 atom stereocenters. The first-order chi connectivity index (χ1) is 7.20. The van der Waals surface area contributed by atoms with E-state index < -0.39 is 0 Å². The van der Waals surface area contributed by atoms with Gasteiger partial charge in [0.05, 0.1) is 0 Å². The van der Waals surface area contributed by atoms with E-state index in [2.05, 4.69) is 9.79 Å². The highest BCUT2D eigenvalue weighted by molar-refractivity contribution is 6.07. The van der Waals surface area contributed by atoms with Crippen molar-refractivity contribution < 1.29 is 14.3 Å². The quantitative estimate of drug-likeness (QED) is 0.537. The number of rotatable bonds is 2. The van der Waals surface area contributed by atoms with Gasteiger partial charge < -0.3 is 5.21 Å². The van der Waals surface area contributed by atoms with E-state index in [0.29, 0.717) is 11.3 Å². The van der Waals surface area contributed by atoms with E-state index in [4.69, 9.17) is 0 Å². The van der Waals surface area contributed by atoms with E-state index in [0.717, 1.165) is 0 Å². The van der Waals surface area contributed by atoms with Gasteiger partial charge in [-0.25, -0.2) is 0 Å². The van der Waals surface area contributed by atoms with Gasteiger partial charge in [-0.05, 0) is 4.90 Å². The third-order valence-electron chi connectivity index (χ3n) is 2.03.